The van der Waals surface area contributed by atoms with Gasteiger partial charge in [-0.3, -0.25) is 10.1 Å². The molecule has 0 aliphatic heterocycles. The number of urea groups is 2. The summed E-state index contributed by atoms with van der Waals surface area (Å²) in [6.45, 7) is -0.407. The number of amides is 5. The zero-order valence-electron chi connectivity index (χ0n) is 15.6. The molecule has 10 nitrogen and oxygen atoms in total. The Hall–Kier alpha value is -4.08. The molecule has 5 N–H and O–H groups in total. The van der Waals surface area contributed by atoms with Gasteiger partial charge in [0.2, 0.25) is 0 Å². The number of rotatable bonds is 7. The fourth-order valence-electron chi connectivity index (χ4n) is 2.16. The minimum atomic E-state index is -0.786. The number of imide groups is 1. The number of primary amides is 1. The largest absolute Gasteiger partial charge is 0.497 e. The summed E-state index contributed by atoms with van der Waals surface area (Å²) in [5, 5.41) is 6.93. The first-order chi connectivity index (χ1) is 13.9. The van der Waals surface area contributed by atoms with Crippen molar-refractivity contribution in [3.8, 4) is 5.75 Å². The van der Waals surface area contributed by atoms with Gasteiger partial charge in [0, 0.05) is 12.2 Å². The van der Waals surface area contributed by atoms with Gasteiger partial charge in [-0.1, -0.05) is 12.1 Å². The summed E-state index contributed by atoms with van der Waals surface area (Å²) in [6, 6.07) is 11.3. The van der Waals surface area contributed by atoms with Crippen LogP contribution in [0.5, 0.6) is 5.75 Å². The number of carbonyl (C=O) groups is 4. The molecule has 0 saturated heterocycles. The van der Waals surface area contributed by atoms with E-state index in [0.29, 0.717) is 11.4 Å². The average Bonchev–Trinajstić information content (AvgIpc) is 2.71. The predicted octanol–water partition coefficient (Wildman–Crippen LogP) is 1.37. The van der Waals surface area contributed by atoms with Crippen LogP contribution in [-0.2, 0) is 16.1 Å². The van der Waals surface area contributed by atoms with E-state index >= 15 is 0 Å². The van der Waals surface area contributed by atoms with Crippen LogP contribution in [0.25, 0.3) is 0 Å². The van der Waals surface area contributed by atoms with Gasteiger partial charge in [-0.05, 0) is 42.0 Å². The first-order valence-electron chi connectivity index (χ1n) is 8.41. The maximum Gasteiger partial charge on any atom is 0.338 e. The molecule has 0 unspecified atom stereocenters. The third kappa shape index (κ3) is 7.21. The van der Waals surface area contributed by atoms with Crippen LogP contribution in [0.1, 0.15) is 15.9 Å². The molecule has 0 radical (unpaired) electrons. The maximum atomic E-state index is 12.0. The lowest BCUT2D eigenvalue weighted by Gasteiger charge is -2.08. The monoisotopic (exact) mass is 400 g/mol. The number of esters is 1. The molecule has 2 aromatic carbocycles. The number of anilines is 1. The number of carbonyl (C=O) groups excluding carboxylic acids is 4. The Kier molecular flexibility index (Phi) is 7.54. The van der Waals surface area contributed by atoms with Gasteiger partial charge in [-0.15, -0.1) is 0 Å². The molecule has 5 amide bonds. The van der Waals surface area contributed by atoms with Crippen molar-refractivity contribution in [1.82, 2.24) is 10.6 Å². The Balaban J connectivity index is 1.76. The van der Waals surface area contributed by atoms with Crippen molar-refractivity contribution in [2.75, 3.05) is 19.0 Å². The predicted molar refractivity (Wildman–Crippen MR) is 103 cm³/mol. The SMILES string of the molecule is COc1ccc(NC(=O)NC(=O)COC(=O)c2ccc(CNC(N)=O)cc2)cc1. The summed E-state index contributed by atoms with van der Waals surface area (Å²) in [6.07, 6.45) is 0. The van der Waals surface area contributed by atoms with Crippen molar-refractivity contribution in [1.29, 1.82) is 0 Å². The number of methoxy groups -OCH3 is 1. The van der Waals surface area contributed by atoms with Crippen LogP contribution < -0.4 is 26.4 Å². The van der Waals surface area contributed by atoms with Crippen LogP contribution in [0.4, 0.5) is 15.3 Å². The van der Waals surface area contributed by atoms with E-state index in [2.05, 4.69) is 16.0 Å². The lowest BCUT2D eigenvalue weighted by atomic mass is 10.1. The van der Waals surface area contributed by atoms with Gasteiger partial charge < -0.3 is 25.8 Å². The zero-order valence-corrected chi connectivity index (χ0v) is 15.6. The lowest BCUT2D eigenvalue weighted by Crippen LogP contribution is -2.37. The van der Waals surface area contributed by atoms with E-state index in [1.165, 1.54) is 19.2 Å². The highest BCUT2D eigenvalue weighted by molar-refractivity contribution is 6.02. The second-order valence-corrected chi connectivity index (χ2v) is 5.72. The van der Waals surface area contributed by atoms with Gasteiger partial charge in [0.1, 0.15) is 5.75 Å². The molecule has 152 valence electrons. The molecule has 29 heavy (non-hydrogen) atoms. The Morgan fingerprint density at radius 1 is 0.966 bits per heavy atom. The highest BCUT2D eigenvalue weighted by Gasteiger charge is 2.13. The summed E-state index contributed by atoms with van der Waals surface area (Å²) in [5.41, 5.74) is 6.38. The van der Waals surface area contributed by atoms with Gasteiger partial charge in [-0.2, -0.15) is 0 Å². The molecule has 0 aliphatic carbocycles. The number of hydrogen-bond acceptors (Lipinski definition) is 6. The number of benzene rings is 2. The van der Waals surface area contributed by atoms with Crippen molar-refractivity contribution >= 4 is 29.6 Å². The van der Waals surface area contributed by atoms with Crippen molar-refractivity contribution < 1.29 is 28.7 Å². The minimum Gasteiger partial charge on any atom is -0.497 e. The van der Waals surface area contributed by atoms with Gasteiger partial charge in [0.25, 0.3) is 5.91 Å². The zero-order chi connectivity index (χ0) is 21.2. The molecule has 0 fully saturated rings. The van der Waals surface area contributed by atoms with E-state index in [1.54, 1.807) is 36.4 Å². The number of nitrogens with two attached hydrogens (primary N) is 1. The Morgan fingerprint density at radius 3 is 2.21 bits per heavy atom. The number of hydrogen-bond donors (Lipinski definition) is 4. The van der Waals surface area contributed by atoms with Crippen molar-refractivity contribution in [2.45, 2.75) is 6.54 Å². The highest BCUT2D eigenvalue weighted by Crippen LogP contribution is 2.14. The van der Waals surface area contributed by atoms with E-state index in [9.17, 15) is 19.2 Å². The molecular weight excluding hydrogens is 380 g/mol. The first kappa shape index (κ1) is 21.2. The Morgan fingerprint density at radius 2 is 1.62 bits per heavy atom. The average molecular weight is 400 g/mol. The van der Waals surface area contributed by atoms with Gasteiger partial charge in [0.15, 0.2) is 6.61 Å². The van der Waals surface area contributed by atoms with Gasteiger partial charge >= 0.3 is 18.0 Å². The first-order valence-corrected chi connectivity index (χ1v) is 8.41. The topological polar surface area (TPSA) is 149 Å². The minimum absolute atomic E-state index is 0.211. The Labute approximate surface area is 166 Å². The fourth-order valence-corrected chi connectivity index (χ4v) is 2.16. The third-order valence-electron chi connectivity index (χ3n) is 3.59. The smallest absolute Gasteiger partial charge is 0.338 e. The quantitative estimate of drug-likeness (QED) is 0.516. The molecule has 2 rings (SSSR count). The second kappa shape index (κ2) is 10.3. The van der Waals surface area contributed by atoms with Crippen LogP contribution >= 0.6 is 0 Å². The molecule has 0 saturated carbocycles. The highest BCUT2D eigenvalue weighted by atomic mass is 16.5. The molecule has 0 aliphatic rings. The molecular formula is C19H20N4O6. The second-order valence-electron chi connectivity index (χ2n) is 5.72. The van der Waals surface area contributed by atoms with E-state index in [4.69, 9.17) is 15.2 Å². The summed E-state index contributed by atoms with van der Waals surface area (Å²) in [5.74, 6) is -0.895. The van der Waals surface area contributed by atoms with Crippen LogP contribution in [0.3, 0.4) is 0 Å². The van der Waals surface area contributed by atoms with E-state index < -0.39 is 30.5 Å². The van der Waals surface area contributed by atoms with E-state index in [-0.39, 0.29) is 12.1 Å². The molecule has 0 bridgehead atoms. The van der Waals surface area contributed by atoms with Crippen molar-refractivity contribution in [3.05, 3.63) is 59.7 Å². The van der Waals surface area contributed by atoms with Crippen molar-refractivity contribution in [2.24, 2.45) is 5.73 Å². The summed E-state index contributed by atoms with van der Waals surface area (Å²) in [4.78, 5) is 46.2. The molecule has 0 atom stereocenters. The molecule has 0 aromatic heterocycles. The summed E-state index contributed by atoms with van der Waals surface area (Å²) >= 11 is 0. The summed E-state index contributed by atoms with van der Waals surface area (Å²) < 4.78 is 9.88. The molecule has 2 aromatic rings. The number of nitrogens with one attached hydrogen (secondary N) is 3. The molecule has 10 heteroatoms. The Bertz CT molecular complexity index is 881. The van der Waals surface area contributed by atoms with Gasteiger partial charge in [-0.25, -0.2) is 14.4 Å². The maximum absolute atomic E-state index is 12.0. The van der Waals surface area contributed by atoms with Crippen LogP contribution in [0.2, 0.25) is 0 Å². The van der Waals surface area contributed by atoms with Crippen molar-refractivity contribution in [3.63, 3.8) is 0 Å². The molecule has 0 spiro atoms. The van der Waals surface area contributed by atoms with Gasteiger partial charge in [0.05, 0.1) is 12.7 Å². The van der Waals surface area contributed by atoms with Crippen LogP contribution in [-0.4, -0.2) is 37.7 Å². The molecule has 0 heterocycles. The van der Waals surface area contributed by atoms with Crippen LogP contribution in [0.15, 0.2) is 48.5 Å². The standard InChI is InChI=1S/C19H20N4O6/c1-28-15-8-6-14(7-9-15)22-19(27)23-16(24)11-29-17(25)13-4-2-12(3-5-13)10-21-18(20)26/h2-9H,10-11H2,1H3,(H3,20,21,26)(H2,22,23,24,27). The van der Waals surface area contributed by atoms with E-state index in [0.717, 1.165) is 5.56 Å². The lowest BCUT2D eigenvalue weighted by molar-refractivity contribution is -0.123. The fraction of sp³-hybridized carbons (Fsp3) is 0.158. The third-order valence-corrected chi connectivity index (χ3v) is 3.59. The normalized spacial score (nSPS) is 9.83. The van der Waals surface area contributed by atoms with E-state index in [1.807, 2.05) is 0 Å². The summed E-state index contributed by atoms with van der Waals surface area (Å²) in [7, 11) is 1.52. The number of ether oxygens (including phenoxy) is 2. The van der Waals surface area contributed by atoms with Crippen LogP contribution in [0, 0.1) is 0 Å².